The standard InChI is InChI=1S/C13H23N3O2/c1-4-8-18-12-10-11(3)15-13(16-12)14-7-6-9-17-5-2/h10H,4-9H2,1-3H3,(H,14,15,16). The summed E-state index contributed by atoms with van der Waals surface area (Å²) in [5, 5.41) is 3.18. The largest absolute Gasteiger partial charge is 0.478 e. The molecule has 0 aliphatic rings. The normalized spacial score (nSPS) is 10.4. The zero-order valence-corrected chi connectivity index (χ0v) is 11.5. The molecule has 0 aliphatic carbocycles. The highest BCUT2D eigenvalue weighted by molar-refractivity contribution is 5.30. The van der Waals surface area contributed by atoms with Crippen LogP contribution >= 0.6 is 0 Å². The van der Waals surface area contributed by atoms with E-state index in [4.69, 9.17) is 9.47 Å². The first-order chi connectivity index (χ1) is 8.76. The van der Waals surface area contributed by atoms with Gasteiger partial charge in [0.2, 0.25) is 11.8 Å². The smallest absolute Gasteiger partial charge is 0.226 e. The Morgan fingerprint density at radius 1 is 1.22 bits per heavy atom. The second kappa shape index (κ2) is 8.69. The molecule has 5 nitrogen and oxygen atoms in total. The molecule has 1 heterocycles. The van der Waals surface area contributed by atoms with Gasteiger partial charge in [0.25, 0.3) is 0 Å². The van der Waals surface area contributed by atoms with Crippen LogP contribution in [0.2, 0.25) is 0 Å². The molecule has 0 unspecified atom stereocenters. The van der Waals surface area contributed by atoms with Crippen LogP contribution in [0.4, 0.5) is 5.95 Å². The van der Waals surface area contributed by atoms with Crippen LogP contribution in [0.15, 0.2) is 6.07 Å². The highest BCUT2D eigenvalue weighted by Gasteiger charge is 2.02. The lowest BCUT2D eigenvalue weighted by Crippen LogP contribution is -2.10. The molecule has 0 aromatic carbocycles. The predicted molar refractivity (Wildman–Crippen MR) is 72.2 cm³/mol. The first kappa shape index (κ1) is 14.7. The van der Waals surface area contributed by atoms with Gasteiger partial charge in [-0.2, -0.15) is 4.98 Å². The van der Waals surface area contributed by atoms with Crippen molar-refractivity contribution in [3.8, 4) is 5.88 Å². The Kier molecular flexibility index (Phi) is 7.10. The minimum atomic E-state index is 0.623. The van der Waals surface area contributed by atoms with Crippen molar-refractivity contribution >= 4 is 5.95 Å². The highest BCUT2D eigenvalue weighted by Crippen LogP contribution is 2.12. The van der Waals surface area contributed by atoms with Gasteiger partial charge in [-0.1, -0.05) is 6.92 Å². The van der Waals surface area contributed by atoms with Crippen molar-refractivity contribution in [2.24, 2.45) is 0 Å². The molecule has 102 valence electrons. The average Bonchev–Trinajstić information content (AvgIpc) is 2.35. The van der Waals surface area contributed by atoms with Crippen LogP contribution in [-0.2, 0) is 4.74 Å². The number of hydrogen-bond donors (Lipinski definition) is 1. The van der Waals surface area contributed by atoms with Gasteiger partial charge in [0.15, 0.2) is 0 Å². The fourth-order valence-corrected chi connectivity index (χ4v) is 1.42. The van der Waals surface area contributed by atoms with Crippen molar-refractivity contribution in [1.82, 2.24) is 9.97 Å². The molecular formula is C13H23N3O2. The Bertz CT molecular complexity index is 345. The van der Waals surface area contributed by atoms with Gasteiger partial charge in [0.1, 0.15) is 0 Å². The van der Waals surface area contributed by atoms with E-state index in [1.54, 1.807) is 0 Å². The molecule has 0 aliphatic heterocycles. The highest BCUT2D eigenvalue weighted by atomic mass is 16.5. The van der Waals surface area contributed by atoms with Crippen LogP contribution in [0.3, 0.4) is 0 Å². The zero-order chi connectivity index (χ0) is 13.2. The van der Waals surface area contributed by atoms with Crippen LogP contribution in [0.1, 0.15) is 32.4 Å². The molecule has 1 aromatic heterocycles. The summed E-state index contributed by atoms with van der Waals surface area (Å²) in [4.78, 5) is 8.62. The van der Waals surface area contributed by atoms with Gasteiger partial charge in [-0.3, -0.25) is 0 Å². The number of nitrogens with one attached hydrogen (secondary N) is 1. The van der Waals surface area contributed by atoms with Crippen LogP contribution in [0.25, 0.3) is 0 Å². The molecule has 0 spiro atoms. The summed E-state index contributed by atoms with van der Waals surface area (Å²) < 4.78 is 10.8. The topological polar surface area (TPSA) is 56.3 Å². The van der Waals surface area contributed by atoms with E-state index in [1.165, 1.54) is 0 Å². The van der Waals surface area contributed by atoms with E-state index >= 15 is 0 Å². The van der Waals surface area contributed by atoms with Gasteiger partial charge in [0, 0.05) is 31.5 Å². The first-order valence-electron chi connectivity index (χ1n) is 6.56. The molecule has 0 bridgehead atoms. The number of nitrogens with zero attached hydrogens (tertiary/aromatic N) is 2. The van der Waals surface area contributed by atoms with E-state index in [1.807, 2.05) is 19.9 Å². The summed E-state index contributed by atoms with van der Waals surface area (Å²) in [5.74, 6) is 1.26. The van der Waals surface area contributed by atoms with Gasteiger partial charge in [-0.05, 0) is 26.7 Å². The summed E-state index contributed by atoms with van der Waals surface area (Å²) in [6, 6.07) is 1.85. The van der Waals surface area contributed by atoms with Crippen molar-refractivity contribution in [3.05, 3.63) is 11.8 Å². The third-order valence-corrected chi connectivity index (χ3v) is 2.24. The maximum Gasteiger partial charge on any atom is 0.226 e. The van der Waals surface area contributed by atoms with E-state index in [0.29, 0.717) is 18.4 Å². The number of hydrogen-bond acceptors (Lipinski definition) is 5. The SMILES string of the molecule is CCCOc1cc(C)nc(NCCCOCC)n1. The number of aryl methyl sites for hydroxylation is 1. The van der Waals surface area contributed by atoms with E-state index in [-0.39, 0.29) is 0 Å². The summed E-state index contributed by atoms with van der Waals surface area (Å²) in [6.07, 6.45) is 1.91. The Balaban J connectivity index is 2.41. The van der Waals surface area contributed by atoms with E-state index in [9.17, 15) is 0 Å². The van der Waals surface area contributed by atoms with Crippen molar-refractivity contribution < 1.29 is 9.47 Å². The Labute approximate surface area is 109 Å². The van der Waals surface area contributed by atoms with E-state index in [2.05, 4.69) is 22.2 Å². The zero-order valence-electron chi connectivity index (χ0n) is 11.5. The quantitative estimate of drug-likeness (QED) is 0.685. The maximum atomic E-state index is 5.51. The lowest BCUT2D eigenvalue weighted by atomic mass is 10.4. The summed E-state index contributed by atoms with van der Waals surface area (Å²) >= 11 is 0. The molecule has 1 N–H and O–H groups in total. The number of aromatic nitrogens is 2. The molecular weight excluding hydrogens is 230 g/mol. The van der Waals surface area contributed by atoms with Gasteiger partial charge in [-0.25, -0.2) is 4.98 Å². The van der Waals surface area contributed by atoms with E-state index < -0.39 is 0 Å². The van der Waals surface area contributed by atoms with Crippen molar-refractivity contribution in [2.75, 3.05) is 31.7 Å². The Hall–Kier alpha value is -1.36. The molecule has 0 atom stereocenters. The van der Waals surface area contributed by atoms with Crippen molar-refractivity contribution in [3.63, 3.8) is 0 Å². The molecule has 5 heteroatoms. The first-order valence-corrected chi connectivity index (χ1v) is 6.56. The van der Waals surface area contributed by atoms with Crippen LogP contribution < -0.4 is 10.1 Å². The monoisotopic (exact) mass is 253 g/mol. The maximum absolute atomic E-state index is 5.51. The van der Waals surface area contributed by atoms with E-state index in [0.717, 1.165) is 38.3 Å². The van der Waals surface area contributed by atoms with Crippen LogP contribution in [-0.4, -0.2) is 36.3 Å². The van der Waals surface area contributed by atoms with Crippen LogP contribution in [0.5, 0.6) is 5.88 Å². The number of ether oxygens (including phenoxy) is 2. The van der Waals surface area contributed by atoms with Gasteiger partial charge < -0.3 is 14.8 Å². The molecule has 18 heavy (non-hydrogen) atoms. The third-order valence-electron chi connectivity index (χ3n) is 2.24. The fraction of sp³-hybridized carbons (Fsp3) is 0.692. The lowest BCUT2D eigenvalue weighted by molar-refractivity contribution is 0.147. The molecule has 0 fully saturated rings. The third kappa shape index (κ3) is 5.82. The lowest BCUT2D eigenvalue weighted by Gasteiger charge is -2.08. The number of rotatable bonds is 9. The summed E-state index contributed by atoms with van der Waals surface area (Å²) in [6.45, 7) is 9.00. The van der Waals surface area contributed by atoms with Gasteiger partial charge in [0.05, 0.1) is 6.61 Å². The fourth-order valence-electron chi connectivity index (χ4n) is 1.42. The van der Waals surface area contributed by atoms with Crippen molar-refractivity contribution in [2.45, 2.75) is 33.6 Å². The molecule has 0 saturated heterocycles. The Morgan fingerprint density at radius 3 is 2.78 bits per heavy atom. The summed E-state index contributed by atoms with van der Waals surface area (Å²) in [7, 11) is 0. The molecule has 1 rings (SSSR count). The van der Waals surface area contributed by atoms with Gasteiger partial charge >= 0.3 is 0 Å². The Morgan fingerprint density at radius 2 is 2.06 bits per heavy atom. The molecule has 0 amide bonds. The van der Waals surface area contributed by atoms with Gasteiger partial charge in [-0.15, -0.1) is 0 Å². The second-order valence-electron chi connectivity index (χ2n) is 4.00. The second-order valence-corrected chi connectivity index (χ2v) is 4.00. The number of anilines is 1. The molecule has 1 aromatic rings. The predicted octanol–water partition coefficient (Wildman–Crippen LogP) is 2.41. The minimum Gasteiger partial charge on any atom is -0.478 e. The average molecular weight is 253 g/mol. The summed E-state index contributed by atoms with van der Waals surface area (Å²) in [5.41, 5.74) is 0.906. The molecule has 0 radical (unpaired) electrons. The molecule has 0 saturated carbocycles. The van der Waals surface area contributed by atoms with Crippen LogP contribution in [0, 0.1) is 6.92 Å². The minimum absolute atomic E-state index is 0.623. The van der Waals surface area contributed by atoms with Crippen molar-refractivity contribution in [1.29, 1.82) is 0 Å².